The van der Waals surface area contributed by atoms with Crippen molar-refractivity contribution in [3.63, 3.8) is 0 Å². The van der Waals surface area contributed by atoms with E-state index < -0.39 is 12.1 Å². The third kappa shape index (κ3) is 5.89. The Morgan fingerprint density at radius 2 is 1.92 bits per heavy atom. The maximum absolute atomic E-state index is 11.9. The van der Waals surface area contributed by atoms with E-state index in [0.717, 1.165) is 11.1 Å². The molecule has 0 heterocycles. The van der Waals surface area contributed by atoms with Gasteiger partial charge in [-0.15, -0.1) is 0 Å². The molecule has 0 aromatic heterocycles. The zero-order chi connectivity index (χ0) is 17.4. The van der Waals surface area contributed by atoms with E-state index in [4.69, 9.17) is 16.3 Å². The molecule has 2 aromatic rings. The molecule has 1 amide bonds. The number of esters is 1. The van der Waals surface area contributed by atoms with Crippen molar-refractivity contribution >= 4 is 29.6 Å². The quantitative estimate of drug-likeness (QED) is 0.644. The van der Waals surface area contributed by atoms with Gasteiger partial charge < -0.3 is 10.1 Å². The molecule has 0 aliphatic carbocycles. The number of nitrogens with one attached hydrogen (secondary N) is 1. The number of carbonyl (C=O) groups is 2. The minimum absolute atomic E-state index is 0.344. The first-order valence-corrected chi connectivity index (χ1v) is 7.88. The third-order valence-electron chi connectivity index (χ3n) is 3.23. The van der Waals surface area contributed by atoms with E-state index in [1.165, 1.54) is 13.0 Å². The zero-order valence-corrected chi connectivity index (χ0v) is 14.0. The minimum atomic E-state index is -0.870. The topological polar surface area (TPSA) is 55.4 Å². The van der Waals surface area contributed by atoms with Crippen LogP contribution in [-0.2, 0) is 20.9 Å². The summed E-state index contributed by atoms with van der Waals surface area (Å²) in [6.45, 7) is 1.92. The Balaban J connectivity index is 1.81. The molecule has 1 atom stereocenters. The van der Waals surface area contributed by atoms with Gasteiger partial charge in [0, 0.05) is 17.6 Å². The molecule has 0 unspecified atom stereocenters. The minimum Gasteiger partial charge on any atom is -0.449 e. The van der Waals surface area contributed by atoms with Gasteiger partial charge in [-0.3, -0.25) is 4.79 Å². The van der Waals surface area contributed by atoms with Gasteiger partial charge in [-0.1, -0.05) is 54.1 Å². The van der Waals surface area contributed by atoms with Crippen LogP contribution in [-0.4, -0.2) is 18.0 Å². The summed E-state index contributed by atoms with van der Waals surface area (Å²) < 4.78 is 5.08. The number of rotatable bonds is 6. The van der Waals surface area contributed by atoms with E-state index >= 15 is 0 Å². The van der Waals surface area contributed by atoms with Gasteiger partial charge in [0.1, 0.15) is 0 Å². The summed E-state index contributed by atoms with van der Waals surface area (Å²) in [7, 11) is 0. The van der Waals surface area contributed by atoms with Gasteiger partial charge in [-0.2, -0.15) is 0 Å². The molecule has 2 rings (SSSR count). The molecule has 0 aliphatic rings. The van der Waals surface area contributed by atoms with E-state index in [0.29, 0.717) is 11.6 Å². The predicted octanol–water partition coefficient (Wildman–Crippen LogP) is 3.60. The summed E-state index contributed by atoms with van der Waals surface area (Å²) in [5, 5.41) is 3.31. The molecule has 0 aliphatic heterocycles. The first-order valence-electron chi connectivity index (χ1n) is 7.50. The highest BCUT2D eigenvalue weighted by molar-refractivity contribution is 6.30. The third-order valence-corrected chi connectivity index (χ3v) is 3.47. The Hall–Kier alpha value is -2.59. The second-order valence-electron chi connectivity index (χ2n) is 5.17. The molecule has 5 heteroatoms. The summed E-state index contributed by atoms with van der Waals surface area (Å²) in [4.78, 5) is 23.7. The fraction of sp³-hybridized carbons (Fsp3) is 0.158. The molecule has 0 fully saturated rings. The van der Waals surface area contributed by atoms with Crippen molar-refractivity contribution in [2.45, 2.75) is 19.6 Å². The first kappa shape index (κ1) is 17.8. The molecular weight excluding hydrogens is 326 g/mol. The highest BCUT2D eigenvalue weighted by atomic mass is 35.5. The van der Waals surface area contributed by atoms with Crippen LogP contribution >= 0.6 is 11.6 Å². The van der Waals surface area contributed by atoms with E-state index in [-0.39, 0.29) is 5.91 Å². The van der Waals surface area contributed by atoms with Gasteiger partial charge in [0.15, 0.2) is 6.10 Å². The fourth-order valence-electron chi connectivity index (χ4n) is 1.97. The molecule has 0 saturated heterocycles. The lowest BCUT2D eigenvalue weighted by atomic mass is 10.2. The lowest BCUT2D eigenvalue weighted by molar-refractivity contribution is -0.150. The van der Waals surface area contributed by atoms with Gasteiger partial charge in [-0.25, -0.2) is 4.79 Å². The van der Waals surface area contributed by atoms with Crippen molar-refractivity contribution in [3.8, 4) is 0 Å². The lowest BCUT2D eigenvalue weighted by Crippen LogP contribution is -2.35. The average molecular weight is 344 g/mol. The van der Waals surface area contributed by atoms with Crippen LogP contribution in [0.2, 0.25) is 5.02 Å². The number of hydrogen-bond acceptors (Lipinski definition) is 3. The van der Waals surface area contributed by atoms with Crippen molar-refractivity contribution in [2.75, 3.05) is 0 Å². The van der Waals surface area contributed by atoms with Gasteiger partial charge in [-0.05, 0) is 36.3 Å². The summed E-state index contributed by atoms with van der Waals surface area (Å²) in [5.74, 6) is -0.930. The van der Waals surface area contributed by atoms with Gasteiger partial charge >= 0.3 is 5.97 Å². The Kier molecular flexibility index (Phi) is 6.58. The predicted molar refractivity (Wildman–Crippen MR) is 94.3 cm³/mol. The maximum atomic E-state index is 11.9. The Morgan fingerprint density at radius 3 is 2.62 bits per heavy atom. The zero-order valence-electron chi connectivity index (χ0n) is 13.2. The molecule has 24 heavy (non-hydrogen) atoms. The molecule has 1 N–H and O–H groups in total. The first-order chi connectivity index (χ1) is 11.5. The van der Waals surface area contributed by atoms with Crippen molar-refractivity contribution < 1.29 is 14.3 Å². The van der Waals surface area contributed by atoms with Crippen molar-refractivity contribution in [1.82, 2.24) is 5.32 Å². The van der Waals surface area contributed by atoms with Crippen LogP contribution in [0.5, 0.6) is 0 Å². The summed E-state index contributed by atoms with van der Waals surface area (Å²) >= 11 is 5.87. The van der Waals surface area contributed by atoms with E-state index in [1.54, 1.807) is 24.3 Å². The Bertz CT molecular complexity index is 728. The number of halogens is 1. The van der Waals surface area contributed by atoms with Gasteiger partial charge in [0.25, 0.3) is 5.91 Å². The number of benzene rings is 2. The van der Waals surface area contributed by atoms with E-state index in [2.05, 4.69) is 5.32 Å². The molecule has 0 radical (unpaired) electrons. The largest absolute Gasteiger partial charge is 0.449 e. The van der Waals surface area contributed by atoms with Crippen LogP contribution in [0.15, 0.2) is 60.7 Å². The number of hydrogen-bond donors (Lipinski definition) is 1. The fourth-order valence-corrected chi connectivity index (χ4v) is 2.17. The Labute approximate surface area is 146 Å². The highest BCUT2D eigenvalue weighted by Gasteiger charge is 2.15. The Morgan fingerprint density at radius 1 is 1.17 bits per heavy atom. The van der Waals surface area contributed by atoms with Crippen LogP contribution in [0.1, 0.15) is 18.1 Å². The second kappa shape index (κ2) is 8.89. The van der Waals surface area contributed by atoms with Gasteiger partial charge in [0.2, 0.25) is 0 Å². The van der Waals surface area contributed by atoms with Gasteiger partial charge in [0.05, 0.1) is 0 Å². The molecule has 0 saturated carbocycles. The smallest absolute Gasteiger partial charge is 0.331 e. The molecule has 2 aromatic carbocycles. The van der Waals surface area contributed by atoms with Crippen LogP contribution in [0, 0.1) is 0 Å². The van der Waals surface area contributed by atoms with Crippen LogP contribution in [0.3, 0.4) is 0 Å². The summed E-state index contributed by atoms with van der Waals surface area (Å²) in [6, 6.07) is 16.6. The van der Waals surface area contributed by atoms with E-state index in [1.807, 2.05) is 36.4 Å². The number of amides is 1. The van der Waals surface area contributed by atoms with Crippen LogP contribution < -0.4 is 5.32 Å². The van der Waals surface area contributed by atoms with Crippen molar-refractivity contribution in [3.05, 3.63) is 76.8 Å². The molecule has 0 spiro atoms. The standard InChI is InChI=1S/C19H18ClNO3/c1-14(19(23)21-13-16-6-3-2-4-7-16)24-18(22)11-10-15-8-5-9-17(20)12-15/h2-12,14H,13H2,1H3,(H,21,23)/b11-10+/t14-/m1/s1. The van der Waals surface area contributed by atoms with E-state index in [9.17, 15) is 9.59 Å². The maximum Gasteiger partial charge on any atom is 0.331 e. The van der Waals surface area contributed by atoms with Crippen LogP contribution in [0.25, 0.3) is 6.08 Å². The SMILES string of the molecule is C[C@@H](OC(=O)/C=C/c1cccc(Cl)c1)C(=O)NCc1ccccc1. The normalized spacial score (nSPS) is 11.9. The number of ether oxygens (including phenoxy) is 1. The molecule has 0 bridgehead atoms. The second-order valence-corrected chi connectivity index (χ2v) is 5.61. The van der Waals surface area contributed by atoms with Crippen LogP contribution in [0.4, 0.5) is 0 Å². The molecule has 4 nitrogen and oxygen atoms in total. The lowest BCUT2D eigenvalue weighted by Gasteiger charge is -2.12. The monoisotopic (exact) mass is 343 g/mol. The number of carbonyl (C=O) groups excluding carboxylic acids is 2. The van der Waals surface area contributed by atoms with Crippen molar-refractivity contribution in [2.24, 2.45) is 0 Å². The summed E-state index contributed by atoms with van der Waals surface area (Å²) in [6.07, 6.45) is 1.99. The summed E-state index contributed by atoms with van der Waals surface area (Å²) in [5.41, 5.74) is 1.76. The van der Waals surface area contributed by atoms with Crippen molar-refractivity contribution in [1.29, 1.82) is 0 Å². The average Bonchev–Trinajstić information content (AvgIpc) is 2.59. The molecule has 124 valence electrons. The highest BCUT2D eigenvalue weighted by Crippen LogP contribution is 2.12. The molecular formula is C19H18ClNO3.